The van der Waals surface area contributed by atoms with Gasteiger partial charge < -0.3 is 4.74 Å². The number of benzene rings is 2. The lowest BCUT2D eigenvalue weighted by molar-refractivity contribution is 0.196. The third kappa shape index (κ3) is 4.66. The Morgan fingerprint density at radius 1 is 1.08 bits per heavy atom. The summed E-state index contributed by atoms with van der Waals surface area (Å²) in [4.78, 5) is 2.07. The van der Waals surface area contributed by atoms with Crippen molar-refractivity contribution in [3.05, 3.63) is 64.4 Å². The van der Waals surface area contributed by atoms with E-state index in [1.54, 1.807) is 21.5 Å². The van der Waals surface area contributed by atoms with Gasteiger partial charge in [0.25, 0.3) is 0 Å². The van der Waals surface area contributed by atoms with Crippen LogP contribution in [0.2, 0.25) is 5.02 Å². The molecule has 1 heterocycles. The molecule has 130 valence electrons. The van der Waals surface area contributed by atoms with Gasteiger partial charge in [-0.15, -0.1) is 0 Å². The van der Waals surface area contributed by atoms with Crippen LogP contribution in [0, 0.1) is 4.77 Å². The van der Waals surface area contributed by atoms with Crippen LogP contribution in [0.15, 0.2) is 54.6 Å². The van der Waals surface area contributed by atoms with E-state index in [9.17, 15) is 0 Å². The van der Waals surface area contributed by atoms with Crippen LogP contribution in [-0.4, -0.2) is 44.9 Å². The molecule has 0 amide bonds. The molecular formula is C17H18ClN5OS. The van der Waals surface area contributed by atoms with E-state index in [-0.39, 0.29) is 0 Å². The highest BCUT2D eigenvalue weighted by Crippen LogP contribution is 2.13. The second-order valence-corrected chi connectivity index (χ2v) is 6.33. The fourth-order valence-corrected chi connectivity index (χ4v) is 2.60. The van der Waals surface area contributed by atoms with Crippen LogP contribution in [0.1, 0.15) is 0 Å². The van der Waals surface area contributed by atoms with Crippen LogP contribution in [0.3, 0.4) is 0 Å². The standard InChI is InChI=1S/C17H18ClN5OS/c1-21(11-12-24-16-5-3-2-4-6-16)13-22-17(25)23(20-19-22)15-9-7-14(18)8-10-15/h2-10H,11-13H2,1H3. The third-order valence-corrected chi connectivity index (χ3v) is 4.21. The molecule has 0 radical (unpaired) electrons. The van der Waals surface area contributed by atoms with Gasteiger partial charge in [-0.05, 0) is 66.1 Å². The molecule has 0 bridgehead atoms. The lowest BCUT2D eigenvalue weighted by Gasteiger charge is -2.16. The Bertz CT molecular complexity index is 863. The zero-order chi connectivity index (χ0) is 17.6. The van der Waals surface area contributed by atoms with Crippen molar-refractivity contribution in [1.82, 2.24) is 24.7 Å². The molecule has 0 aliphatic rings. The largest absolute Gasteiger partial charge is 0.492 e. The summed E-state index contributed by atoms with van der Waals surface area (Å²) in [5.74, 6) is 0.862. The van der Waals surface area contributed by atoms with E-state index in [2.05, 4.69) is 15.3 Å². The highest BCUT2D eigenvalue weighted by molar-refractivity contribution is 7.71. The quantitative estimate of drug-likeness (QED) is 0.592. The Kier molecular flexibility index (Phi) is 5.80. The number of ether oxygens (including phenoxy) is 1. The molecule has 0 aliphatic heterocycles. The van der Waals surface area contributed by atoms with E-state index in [1.165, 1.54) is 0 Å². The Balaban J connectivity index is 1.57. The maximum Gasteiger partial charge on any atom is 0.221 e. The number of nitrogens with zero attached hydrogens (tertiary/aromatic N) is 5. The second kappa shape index (κ2) is 8.24. The summed E-state index contributed by atoms with van der Waals surface area (Å²) in [6.45, 7) is 1.86. The summed E-state index contributed by atoms with van der Waals surface area (Å²) in [5, 5.41) is 8.92. The maximum atomic E-state index is 5.91. The number of hydrogen-bond acceptors (Lipinski definition) is 5. The Morgan fingerprint density at radius 3 is 2.52 bits per heavy atom. The molecule has 0 unspecified atom stereocenters. The summed E-state index contributed by atoms with van der Waals surface area (Å²) in [6, 6.07) is 17.0. The van der Waals surface area contributed by atoms with Crippen molar-refractivity contribution in [1.29, 1.82) is 0 Å². The van der Waals surface area contributed by atoms with Crippen LogP contribution < -0.4 is 4.74 Å². The van der Waals surface area contributed by atoms with Crippen molar-refractivity contribution in [2.45, 2.75) is 6.67 Å². The van der Waals surface area contributed by atoms with E-state index < -0.39 is 0 Å². The number of hydrogen-bond donors (Lipinski definition) is 0. The molecule has 0 spiro atoms. The first-order valence-corrected chi connectivity index (χ1v) is 8.57. The lowest BCUT2D eigenvalue weighted by atomic mass is 10.3. The molecule has 0 aliphatic carbocycles. The molecule has 2 aromatic carbocycles. The molecule has 0 saturated carbocycles. The van der Waals surface area contributed by atoms with Gasteiger partial charge in [-0.25, -0.2) is 4.68 Å². The first-order valence-electron chi connectivity index (χ1n) is 7.78. The summed E-state index contributed by atoms with van der Waals surface area (Å²) in [6.07, 6.45) is 0. The monoisotopic (exact) mass is 375 g/mol. The van der Waals surface area contributed by atoms with Gasteiger partial charge in [0.15, 0.2) is 0 Å². The molecule has 1 aromatic heterocycles. The maximum absolute atomic E-state index is 5.91. The van der Waals surface area contributed by atoms with Crippen molar-refractivity contribution < 1.29 is 4.74 Å². The van der Waals surface area contributed by atoms with Gasteiger partial charge in [0.1, 0.15) is 12.4 Å². The van der Waals surface area contributed by atoms with Crippen molar-refractivity contribution >= 4 is 23.8 Å². The topological polar surface area (TPSA) is 48.1 Å². The highest BCUT2D eigenvalue weighted by atomic mass is 35.5. The molecule has 25 heavy (non-hydrogen) atoms. The van der Waals surface area contributed by atoms with E-state index in [1.807, 2.05) is 49.5 Å². The number of para-hydroxylation sites is 1. The predicted molar refractivity (Wildman–Crippen MR) is 99.8 cm³/mol. The first-order chi connectivity index (χ1) is 12.1. The fraction of sp³-hybridized carbons (Fsp3) is 0.235. The molecule has 6 nitrogen and oxygen atoms in total. The Morgan fingerprint density at radius 2 is 1.80 bits per heavy atom. The third-order valence-electron chi connectivity index (χ3n) is 3.57. The van der Waals surface area contributed by atoms with Crippen LogP contribution in [0.25, 0.3) is 5.69 Å². The van der Waals surface area contributed by atoms with Crippen LogP contribution in [0.5, 0.6) is 5.75 Å². The summed E-state index contributed by atoms with van der Waals surface area (Å²) in [7, 11) is 1.98. The molecule has 0 N–H and O–H groups in total. The number of halogens is 1. The average Bonchev–Trinajstić information content (AvgIpc) is 2.97. The molecular weight excluding hydrogens is 358 g/mol. The van der Waals surface area contributed by atoms with Crippen molar-refractivity contribution in [3.63, 3.8) is 0 Å². The number of tetrazole rings is 1. The number of likely N-dealkylation sites (N-methyl/N-ethyl adjacent to an activating group) is 1. The minimum atomic E-state index is 0.526. The smallest absolute Gasteiger partial charge is 0.221 e. The molecule has 0 atom stereocenters. The Labute approximate surface area is 156 Å². The molecule has 3 rings (SSSR count). The SMILES string of the molecule is CN(CCOc1ccccc1)Cn1nnn(-c2ccc(Cl)cc2)c1=S. The van der Waals surface area contributed by atoms with Crippen LogP contribution in [0.4, 0.5) is 0 Å². The molecule has 8 heteroatoms. The number of aromatic nitrogens is 4. The van der Waals surface area contributed by atoms with Crippen molar-refractivity contribution in [3.8, 4) is 11.4 Å². The fourth-order valence-electron chi connectivity index (χ4n) is 2.24. The van der Waals surface area contributed by atoms with Gasteiger partial charge >= 0.3 is 0 Å². The summed E-state index contributed by atoms with van der Waals surface area (Å²) < 4.78 is 9.51. The zero-order valence-electron chi connectivity index (χ0n) is 13.7. The van der Waals surface area contributed by atoms with Gasteiger partial charge in [-0.3, -0.25) is 4.90 Å². The number of rotatable bonds is 7. The van der Waals surface area contributed by atoms with E-state index in [0.717, 1.165) is 18.0 Å². The van der Waals surface area contributed by atoms with Crippen LogP contribution in [-0.2, 0) is 6.67 Å². The van der Waals surface area contributed by atoms with Crippen molar-refractivity contribution in [2.24, 2.45) is 0 Å². The lowest BCUT2D eigenvalue weighted by Crippen LogP contribution is -2.27. The van der Waals surface area contributed by atoms with Gasteiger partial charge in [-0.2, -0.15) is 4.68 Å². The zero-order valence-corrected chi connectivity index (χ0v) is 15.3. The van der Waals surface area contributed by atoms with E-state index in [4.69, 9.17) is 28.6 Å². The first kappa shape index (κ1) is 17.6. The highest BCUT2D eigenvalue weighted by Gasteiger charge is 2.08. The average molecular weight is 376 g/mol. The predicted octanol–water partition coefficient (Wildman–Crippen LogP) is 3.42. The van der Waals surface area contributed by atoms with Gasteiger partial charge in [0, 0.05) is 11.6 Å². The molecule has 3 aromatic rings. The molecule has 0 fully saturated rings. The Hall–Kier alpha value is -2.22. The summed E-state index contributed by atoms with van der Waals surface area (Å²) >= 11 is 11.4. The van der Waals surface area contributed by atoms with E-state index >= 15 is 0 Å². The van der Waals surface area contributed by atoms with Gasteiger partial charge in [0.2, 0.25) is 4.77 Å². The summed E-state index contributed by atoms with van der Waals surface area (Å²) in [5.41, 5.74) is 0.829. The van der Waals surface area contributed by atoms with Crippen LogP contribution >= 0.6 is 23.8 Å². The second-order valence-electron chi connectivity index (χ2n) is 5.53. The minimum absolute atomic E-state index is 0.526. The van der Waals surface area contributed by atoms with E-state index in [0.29, 0.717) is 23.1 Å². The van der Waals surface area contributed by atoms with Crippen molar-refractivity contribution in [2.75, 3.05) is 20.2 Å². The normalized spacial score (nSPS) is 11.0. The minimum Gasteiger partial charge on any atom is -0.492 e. The molecule has 0 saturated heterocycles. The van der Waals surface area contributed by atoms with Gasteiger partial charge in [0.05, 0.1) is 12.4 Å². The van der Waals surface area contributed by atoms with Gasteiger partial charge in [-0.1, -0.05) is 29.8 Å².